The number of methoxy groups -OCH3 is 1. The van der Waals surface area contributed by atoms with Gasteiger partial charge in [-0.2, -0.15) is 0 Å². The van der Waals surface area contributed by atoms with E-state index in [1.165, 1.54) is 37.4 Å². The molecule has 0 fully saturated rings. The van der Waals surface area contributed by atoms with Gasteiger partial charge in [0.1, 0.15) is 11.6 Å². The van der Waals surface area contributed by atoms with Gasteiger partial charge in [-0.3, -0.25) is 4.79 Å². The lowest BCUT2D eigenvalue weighted by molar-refractivity contribution is 0.0824. The Morgan fingerprint density at radius 2 is 1.95 bits per heavy atom. The van der Waals surface area contributed by atoms with Crippen LogP contribution >= 0.6 is 0 Å². The smallest absolute Gasteiger partial charge is 0.254 e. The zero-order valence-electron chi connectivity index (χ0n) is 11.5. The fourth-order valence-corrected chi connectivity index (χ4v) is 1.97. The van der Waals surface area contributed by atoms with Gasteiger partial charge in [-0.05, 0) is 29.8 Å². The quantitative estimate of drug-likeness (QED) is 0.919. The standard InChI is InChI=1S/C16H15F2NO2/c1-21-15(11-5-4-6-12(17)9-11)10-19-16(20)13-7-2-3-8-14(13)18/h2-9,15H,10H2,1H3,(H,19,20). The maximum atomic E-state index is 13.5. The van der Waals surface area contributed by atoms with Gasteiger partial charge in [0, 0.05) is 13.7 Å². The molecule has 0 radical (unpaired) electrons. The van der Waals surface area contributed by atoms with Crippen molar-refractivity contribution >= 4 is 5.91 Å². The molecule has 21 heavy (non-hydrogen) atoms. The van der Waals surface area contributed by atoms with Crippen LogP contribution in [0.25, 0.3) is 0 Å². The lowest BCUT2D eigenvalue weighted by Crippen LogP contribution is -2.29. The van der Waals surface area contributed by atoms with Crippen LogP contribution in [0.2, 0.25) is 0 Å². The summed E-state index contributed by atoms with van der Waals surface area (Å²) in [6, 6.07) is 11.6. The number of hydrogen-bond donors (Lipinski definition) is 1. The molecule has 0 aliphatic heterocycles. The van der Waals surface area contributed by atoms with Gasteiger partial charge in [0.25, 0.3) is 5.91 Å². The third-order valence-corrected chi connectivity index (χ3v) is 3.07. The molecule has 1 amide bonds. The van der Waals surface area contributed by atoms with Gasteiger partial charge in [-0.25, -0.2) is 8.78 Å². The summed E-state index contributed by atoms with van der Waals surface area (Å²) >= 11 is 0. The van der Waals surface area contributed by atoms with Crippen molar-refractivity contribution < 1.29 is 18.3 Å². The molecule has 0 aliphatic carbocycles. The van der Waals surface area contributed by atoms with Gasteiger partial charge in [0.15, 0.2) is 0 Å². The molecule has 5 heteroatoms. The Kier molecular flexibility index (Phi) is 5.00. The van der Waals surface area contributed by atoms with E-state index >= 15 is 0 Å². The Labute approximate surface area is 121 Å². The van der Waals surface area contributed by atoms with Crippen molar-refractivity contribution in [1.29, 1.82) is 0 Å². The summed E-state index contributed by atoms with van der Waals surface area (Å²) in [6.45, 7) is 0.118. The molecule has 1 N–H and O–H groups in total. The maximum absolute atomic E-state index is 13.5. The molecule has 0 aliphatic rings. The summed E-state index contributed by atoms with van der Waals surface area (Å²) in [5, 5.41) is 2.58. The molecule has 0 saturated heterocycles. The van der Waals surface area contributed by atoms with Gasteiger partial charge in [0.2, 0.25) is 0 Å². The number of halogens is 2. The summed E-state index contributed by atoms with van der Waals surface area (Å²) in [5.41, 5.74) is 0.568. The number of rotatable bonds is 5. The Morgan fingerprint density at radius 1 is 1.19 bits per heavy atom. The molecule has 1 unspecified atom stereocenters. The van der Waals surface area contributed by atoms with E-state index < -0.39 is 17.8 Å². The van der Waals surface area contributed by atoms with Crippen molar-refractivity contribution in [3.63, 3.8) is 0 Å². The average molecular weight is 291 g/mol. The molecule has 1 atom stereocenters. The van der Waals surface area contributed by atoms with E-state index in [2.05, 4.69) is 5.32 Å². The molecule has 0 aromatic heterocycles. The summed E-state index contributed by atoms with van der Waals surface area (Å²) in [4.78, 5) is 11.9. The van der Waals surface area contributed by atoms with E-state index in [4.69, 9.17) is 4.74 Å². The van der Waals surface area contributed by atoms with Gasteiger partial charge in [-0.15, -0.1) is 0 Å². The Hall–Kier alpha value is -2.27. The topological polar surface area (TPSA) is 38.3 Å². The summed E-state index contributed by atoms with van der Waals surface area (Å²) in [5.74, 6) is -1.50. The molecule has 0 saturated carbocycles. The fourth-order valence-electron chi connectivity index (χ4n) is 1.97. The predicted octanol–water partition coefficient (Wildman–Crippen LogP) is 3.08. The molecule has 0 heterocycles. The summed E-state index contributed by atoms with van der Waals surface area (Å²) in [6.07, 6.45) is -0.503. The van der Waals surface area contributed by atoms with Gasteiger partial charge >= 0.3 is 0 Å². The van der Waals surface area contributed by atoms with Crippen molar-refractivity contribution in [2.75, 3.05) is 13.7 Å². The molecule has 2 rings (SSSR count). The third-order valence-electron chi connectivity index (χ3n) is 3.07. The van der Waals surface area contributed by atoms with Gasteiger partial charge in [0.05, 0.1) is 11.7 Å². The van der Waals surface area contributed by atoms with Crippen molar-refractivity contribution in [3.8, 4) is 0 Å². The minimum absolute atomic E-state index is 0.0356. The van der Waals surface area contributed by atoms with Gasteiger partial charge in [-0.1, -0.05) is 24.3 Å². The minimum atomic E-state index is -0.588. The second-order valence-corrected chi connectivity index (χ2v) is 4.47. The van der Waals surface area contributed by atoms with Crippen LogP contribution in [0, 0.1) is 11.6 Å². The second-order valence-electron chi connectivity index (χ2n) is 4.47. The highest BCUT2D eigenvalue weighted by Crippen LogP contribution is 2.17. The van der Waals surface area contributed by atoms with Crippen LogP contribution in [0.15, 0.2) is 48.5 Å². The number of amides is 1. The van der Waals surface area contributed by atoms with E-state index in [9.17, 15) is 13.6 Å². The predicted molar refractivity (Wildman–Crippen MR) is 74.9 cm³/mol. The fraction of sp³-hybridized carbons (Fsp3) is 0.188. The maximum Gasteiger partial charge on any atom is 0.254 e. The molecule has 0 spiro atoms. The first-order chi connectivity index (χ1) is 10.1. The first-order valence-corrected chi connectivity index (χ1v) is 6.43. The molecular weight excluding hydrogens is 276 g/mol. The normalized spacial score (nSPS) is 12.0. The first kappa shape index (κ1) is 15.1. The SMILES string of the molecule is COC(CNC(=O)c1ccccc1F)c1cccc(F)c1. The number of carbonyl (C=O) groups is 1. The van der Waals surface area contributed by atoms with Crippen LogP contribution < -0.4 is 5.32 Å². The monoisotopic (exact) mass is 291 g/mol. The second kappa shape index (κ2) is 6.95. The molecule has 2 aromatic carbocycles. The molecule has 2 aromatic rings. The van der Waals surface area contributed by atoms with Gasteiger partial charge < -0.3 is 10.1 Å². The lowest BCUT2D eigenvalue weighted by atomic mass is 10.1. The lowest BCUT2D eigenvalue weighted by Gasteiger charge is -2.16. The number of carbonyl (C=O) groups excluding carboxylic acids is 1. The van der Waals surface area contributed by atoms with E-state index in [-0.39, 0.29) is 17.9 Å². The van der Waals surface area contributed by atoms with Crippen LogP contribution in [0.5, 0.6) is 0 Å². The minimum Gasteiger partial charge on any atom is -0.375 e. The molecule has 3 nitrogen and oxygen atoms in total. The highest BCUT2D eigenvalue weighted by molar-refractivity contribution is 5.94. The first-order valence-electron chi connectivity index (χ1n) is 6.43. The zero-order valence-corrected chi connectivity index (χ0v) is 11.5. The van der Waals surface area contributed by atoms with Crippen LogP contribution in [-0.4, -0.2) is 19.6 Å². The largest absolute Gasteiger partial charge is 0.375 e. The Balaban J connectivity index is 2.04. The van der Waals surface area contributed by atoms with E-state index in [1.807, 2.05) is 0 Å². The van der Waals surface area contributed by atoms with Crippen molar-refractivity contribution in [1.82, 2.24) is 5.32 Å². The summed E-state index contributed by atoms with van der Waals surface area (Å²) < 4.78 is 31.9. The molecular formula is C16H15F2NO2. The summed E-state index contributed by atoms with van der Waals surface area (Å²) in [7, 11) is 1.46. The van der Waals surface area contributed by atoms with E-state index in [0.29, 0.717) is 5.56 Å². The van der Waals surface area contributed by atoms with Crippen LogP contribution in [0.1, 0.15) is 22.0 Å². The number of nitrogens with one attached hydrogen (secondary N) is 1. The van der Waals surface area contributed by atoms with E-state index in [1.54, 1.807) is 18.2 Å². The van der Waals surface area contributed by atoms with Crippen molar-refractivity contribution in [2.45, 2.75) is 6.10 Å². The van der Waals surface area contributed by atoms with E-state index in [0.717, 1.165) is 0 Å². The van der Waals surface area contributed by atoms with Crippen LogP contribution in [0.3, 0.4) is 0 Å². The average Bonchev–Trinajstić information content (AvgIpc) is 2.48. The third kappa shape index (κ3) is 3.86. The number of ether oxygens (including phenoxy) is 1. The molecule has 110 valence electrons. The Morgan fingerprint density at radius 3 is 2.62 bits per heavy atom. The van der Waals surface area contributed by atoms with Crippen molar-refractivity contribution in [2.24, 2.45) is 0 Å². The van der Waals surface area contributed by atoms with Crippen molar-refractivity contribution in [3.05, 3.63) is 71.3 Å². The highest BCUT2D eigenvalue weighted by atomic mass is 19.1. The zero-order chi connectivity index (χ0) is 15.2. The Bertz CT molecular complexity index is 631. The van der Waals surface area contributed by atoms with Crippen LogP contribution in [0.4, 0.5) is 8.78 Å². The molecule has 0 bridgehead atoms. The highest BCUT2D eigenvalue weighted by Gasteiger charge is 2.15. The number of hydrogen-bond acceptors (Lipinski definition) is 2. The number of benzene rings is 2. The van der Waals surface area contributed by atoms with Crippen LogP contribution in [-0.2, 0) is 4.74 Å².